The first-order valence-corrected chi connectivity index (χ1v) is 5.45. The summed E-state index contributed by atoms with van der Waals surface area (Å²) in [5, 5.41) is 3.08. The molecule has 0 saturated heterocycles. The highest BCUT2D eigenvalue weighted by Gasteiger charge is 2.28. The molecule has 0 fully saturated rings. The van der Waals surface area contributed by atoms with Crippen molar-refractivity contribution in [3.05, 3.63) is 35.4 Å². The molecular formula is C12H16F3NO. The molecule has 0 radical (unpaired) electrons. The minimum absolute atomic E-state index is 0.301. The molecule has 1 N–H and O–H groups in total. The normalized spacial score (nSPS) is 11.8. The number of hydrogen-bond donors (Lipinski definition) is 1. The van der Waals surface area contributed by atoms with Gasteiger partial charge >= 0.3 is 6.36 Å². The lowest BCUT2D eigenvalue weighted by atomic mass is 10.1. The fourth-order valence-corrected chi connectivity index (χ4v) is 1.42. The molecule has 0 atom stereocenters. The van der Waals surface area contributed by atoms with Gasteiger partial charge in [-0.15, -0.1) is 13.2 Å². The van der Waals surface area contributed by atoms with Gasteiger partial charge in [-0.25, -0.2) is 0 Å². The number of rotatable bonds is 6. The predicted molar refractivity (Wildman–Crippen MR) is 59.5 cm³/mol. The largest absolute Gasteiger partial charge is 0.522 e. The van der Waals surface area contributed by atoms with Crippen molar-refractivity contribution in [3.8, 4) is 0 Å². The van der Waals surface area contributed by atoms with Crippen molar-refractivity contribution in [2.75, 3.05) is 13.2 Å². The van der Waals surface area contributed by atoms with Crippen molar-refractivity contribution in [2.45, 2.75) is 26.3 Å². The van der Waals surface area contributed by atoms with Gasteiger partial charge in [-0.05, 0) is 31.0 Å². The molecule has 0 saturated carbocycles. The first-order valence-electron chi connectivity index (χ1n) is 5.45. The monoisotopic (exact) mass is 247 g/mol. The van der Waals surface area contributed by atoms with Crippen LogP contribution >= 0.6 is 0 Å². The van der Waals surface area contributed by atoms with E-state index in [9.17, 15) is 13.2 Å². The third kappa shape index (κ3) is 6.28. The molecule has 2 nitrogen and oxygen atoms in total. The summed E-state index contributed by atoms with van der Waals surface area (Å²) in [5.74, 6) is 0. The van der Waals surface area contributed by atoms with Gasteiger partial charge in [0.05, 0.1) is 6.61 Å². The zero-order valence-electron chi connectivity index (χ0n) is 9.68. The Bertz CT molecular complexity index is 339. The first kappa shape index (κ1) is 14.0. The van der Waals surface area contributed by atoms with Gasteiger partial charge in [0.2, 0.25) is 0 Å². The van der Waals surface area contributed by atoms with Gasteiger partial charge in [-0.1, -0.05) is 24.3 Å². The second kappa shape index (κ2) is 6.61. The van der Waals surface area contributed by atoms with Crippen LogP contribution in [0.2, 0.25) is 0 Å². The Morgan fingerprint density at radius 1 is 1.24 bits per heavy atom. The maximum Gasteiger partial charge on any atom is 0.522 e. The fourth-order valence-electron chi connectivity index (χ4n) is 1.42. The number of halogens is 3. The standard InChI is InChI=1S/C12H16F3NO/c1-10-5-2-3-6-11(10)9-16-7-4-8-17-12(13,14)15/h2-3,5-6,16H,4,7-9H2,1H3. The van der Waals surface area contributed by atoms with Gasteiger partial charge in [0, 0.05) is 6.54 Å². The molecule has 0 heterocycles. The number of aryl methyl sites for hydroxylation is 1. The van der Waals surface area contributed by atoms with Gasteiger partial charge in [-0.3, -0.25) is 4.74 Å². The Kier molecular flexibility index (Phi) is 5.44. The average molecular weight is 247 g/mol. The molecule has 0 aliphatic heterocycles. The van der Waals surface area contributed by atoms with E-state index in [0.717, 1.165) is 5.56 Å². The van der Waals surface area contributed by atoms with Crippen molar-refractivity contribution in [3.63, 3.8) is 0 Å². The lowest BCUT2D eigenvalue weighted by molar-refractivity contribution is -0.324. The summed E-state index contributed by atoms with van der Waals surface area (Å²) in [6.45, 7) is 2.87. The molecule has 96 valence electrons. The molecule has 0 aliphatic carbocycles. The van der Waals surface area contributed by atoms with Crippen LogP contribution in [0.5, 0.6) is 0 Å². The molecule has 0 unspecified atom stereocenters. The van der Waals surface area contributed by atoms with Crippen LogP contribution in [-0.4, -0.2) is 19.5 Å². The second-order valence-electron chi connectivity index (χ2n) is 3.75. The van der Waals surface area contributed by atoms with E-state index >= 15 is 0 Å². The van der Waals surface area contributed by atoms with E-state index in [0.29, 0.717) is 19.5 Å². The predicted octanol–water partition coefficient (Wildman–Crippen LogP) is 3.01. The average Bonchev–Trinajstić information content (AvgIpc) is 2.24. The summed E-state index contributed by atoms with van der Waals surface area (Å²) < 4.78 is 38.6. The molecular weight excluding hydrogens is 231 g/mol. The van der Waals surface area contributed by atoms with Gasteiger partial charge < -0.3 is 5.32 Å². The van der Waals surface area contributed by atoms with Crippen molar-refractivity contribution in [1.82, 2.24) is 5.32 Å². The summed E-state index contributed by atoms with van der Waals surface area (Å²) in [6.07, 6.45) is -4.18. The molecule has 1 aromatic rings. The maximum absolute atomic E-state index is 11.6. The SMILES string of the molecule is Cc1ccccc1CNCCCOC(F)(F)F. The fraction of sp³-hybridized carbons (Fsp3) is 0.500. The lowest BCUT2D eigenvalue weighted by Crippen LogP contribution is -2.20. The van der Waals surface area contributed by atoms with E-state index in [4.69, 9.17) is 0 Å². The number of nitrogens with one attached hydrogen (secondary N) is 1. The van der Waals surface area contributed by atoms with E-state index in [2.05, 4.69) is 10.1 Å². The van der Waals surface area contributed by atoms with E-state index < -0.39 is 6.36 Å². The van der Waals surface area contributed by atoms with Gasteiger partial charge in [0.25, 0.3) is 0 Å². The summed E-state index contributed by atoms with van der Waals surface area (Å²) >= 11 is 0. The minimum Gasteiger partial charge on any atom is -0.313 e. The van der Waals surface area contributed by atoms with E-state index in [1.165, 1.54) is 5.56 Å². The van der Waals surface area contributed by atoms with Crippen molar-refractivity contribution < 1.29 is 17.9 Å². The smallest absolute Gasteiger partial charge is 0.313 e. The Labute approximate surface area is 98.8 Å². The van der Waals surface area contributed by atoms with E-state index in [1.54, 1.807) is 0 Å². The zero-order valence-corrected chi connectivity index (χ0v) is 9.68. The van der Waals surface area contributed by atoms with Gasteiger partial charge in [0.1, 0.15) is 0 Å². The highest BCUT2D eigenvalue weighted by atomic mass is 19.4. The number of hydrogen-bond acceptors (Lipinski definition) is 2. The Balaban J connectivity index is 2.11. The molecule has 5 heteroatoms. The maximum atomic E-state index is 11.6. The molecule has 0 amide bonds. The van der Waals surface area contributed by atoms with Crippen LogP contribution in [0.1, 0.15) is 17.5 Å². The lowest BCUT2D eigenvalue weighted by Gasteiger charge is -2.09. The van der Waals surface area contributed by atoms with Crippen molar-refractivity contribution in [2.24, 2.45) is 0 Å². The van der Waals surface area contributed by atoms with Crippen LogP contribution in [0.4, 0.5) is 13.2 Å². The number of ether oxygens (including phenoxy) is 1. The highest BCUT2D eigenvalue weighted by Crippen LogP contribution is 2.15. The van der Waals surface area contributed by atoms with E-state index in [-0.39, 0.29) is 6.61 Å². The minimum atomic E-state index is -4.52. The summed E-state index contributed by atoms with van der Waals surface area (Å²) in [4.78, 5) is 0. The molecule has 1 rings (SSSR count). The van der Waals surface area contributed by atoms with Crippen molar-refractivity contribution >= 4 is 0 Å². The molecule has 0 spiro atoms. The van der Waals surface area contributed by atoms with Crippen LogP contribution in [0.25, 0.3) is 0 Å². The van der Waals surface area contributed by atoms with Crippen LogP contribution in [0.15, 0.2) is 24.3 Å². The van der Waals surface area contributed by atoms with Crippen LogP contribution in [0, 0.1) is 6.92 Å². The molecule has 0 aliphatic rings. The van der Waals surface area contributed by atoms with Gasteiger partial charge in [-0.2, -0.15) is 0 Å². The Morgan fingerprint density at radius 2 is 1.94 bits per heavy atom. The third-order valence-corrected chi connectivity index (χ3v) is 2.34. The van der Waals surface area contributed by atoms with Crippen LogP contribution in [-0.2, 0) is 11.3 Å². The van der Waals surface area contributed by atoms with Crippen LogP contribution in [0.3, 0.4) is 0 Å². The molecule has 1 aromatic carbocycles. The van der Waals surface area contributed by atoms with E-state index in [1.807, 2.05) is 31.2 Å². The third-order valence-electron chi connectivity index (χ3n) is 2.34. The molecule has 17 heavy (non-hydrogen) atoms. The summed E-state index contributed by atoms with van der Waals surface area (Å²) in [7, 11) is 0. The first-order chi connectivity index (χ1) is 7.99. The zero-order chi connectivity index (χ0) is 12.7. The number of alkyl halides is 3. The molecule has 0 aromatic heterocycles. The summed E-state index contributed by atoms with van der Waals surface area (Å²) in [5.41, 5.74) is 2.33. The van der Waals surface area contributed by atoms with Crippen LogP contribution < -0.4 is 5.32 Å². The topological polar surface area (TPSA) is 21.3 Å². The Morgan fingerprint density at radius 3 is 2.59 bits per heavy atom. The molecule has 0 bridgehead atoms. The highest BCUT2D eigenvalue weighted by molar-refractivity contribution is 5.25. The Hall–Kier alpha value is -1.07. The number of benzene rings is 1. The summed E-state index contributed by atoms with van der Waals surface area (Å²) in [6, 6.07) is 7.89. The van der Waals surface area contributed by atoms with Crippen molar-refractivity contribution in [1.29, 1.82) is 0 Å². The quantitative estimate of drug-likeness (QED) is 0.780. The van der Waals surface area contributed by atoms with Gasteiger partial charge in [0.15, 0.2) is 0 Å². The second-order valence-corrected chi connectivity index (χ2v) is 3.75.